The van der Waals surface area contributed by atoms with Crippen molar-refractivity contribution in [2.75, 3.05) is 6.54 Å². The molecule has 0 aromatic heterocycles. The number of hydrogen-bond acceptors (Lipinski definition) is 1. The van der Waals surface area contributed by atoms with Gasteiger partial charge in [0.15, 0.2) is 0 Å². The van der Waals surface area contributed by atoms with Crippen LogP contribution in [0.1, 0.15) is 52.0 Å². The average Bonchev–Trinajstić information content (AvgIpc) is 2.76. The van der Waals surface area contributed by atoms with Crippen LogP contribution in [0.15, 0.2) is 30.3 Å². The highest BCUT2D eigenvalue weighted by atomic mass is 15.0. The van der Waals surface area contributed by atoms with E-state index in [9.17, 15) is 0 Å². The van der Waals surface area contributed by atoms with Crippen LogP contribution >= 0.6 is 0 Å². The van der Waals surface area contributed by atoms with Gasteiger partial charge in [0.2, 0.25) is 0 Å². The zero-order chi connectivity index (χ0) is 13.1. The van der Waals surface area contributed by atoms with Gasteiger partial charge < -0.3 is 5.32 Å². The number of nitrogens with one attached hydrogen (secondary N) is 1. The van der Waals surface area contributed by atoms with Crippen molar-refractivity contribution in [1.82, 2.24) is 5.32 Å². The molecular weight excluding hydrogens is 218 g/mol. The number of hydrogen-bond donors (Lipinski definition) is 1. The lowest BCUT2D eigenvalue weighted by atomic mass is 9.79. The van der Waals surface area contributed by atoms with E-state index in [0.29, 0.717) is 5.41 Å². The standard InChI is InChI=1S/C17H27N/c1-16(2,3)18-14-17(11-7-8-12-17)13-15-9-5-4-6-10-15/h4-6,9-10,18H,7-8,11-14H2,1-3H3. The maximum absolute atomic E-state index is 3.72. The van der Waals surface area contributed by atoms with Crippen LogP contribution in [0.3, 0.4) is 0 Å². The average molecular weight is 245 g/mol. The van der Waals surface area contributed by atoms with E-state index >= 15 is 0 Å². The van der Waals surface area contributed by atoms with Crippen LogP contribution in [-0.4, -0.2) is 12.1 Å². The molecule has 1 nitrogen and oxygen atoms in total. The summed E-state index contributed by atoms with van der Waals surface area (Å²) in [5, 5.41) is 3.72. The third-order valence-electron chi connectivity index (χ3n) is 4.08. The summed E-state index contributed by atoms with van der Waals surface area (Å²) in [6.45, 7) is 7.94. The molecule has 100 valence electrons. The second kappa shape index (κ2) is 5.44. The minimum absolute atomic E-state index is 0.228. The molecule has 0 saturated heterocycles. The summed E-state index contributed by atoms with van der Waals surface area (Å²) in [5.41, 5.74) is 2.22. The number of rotatable bonds is 4. The van der Waals surface area contributed by atoms with Gasteiger partial charge in [0.05, 0.1) is 0 Å². The van der Waals surface area contributed by atoms with Crippen LogP contribution in [0.5, 0.6) is 0 Å². The second-order valence-corrected chi connectivity index (χ2v) is 6.97. The Kier molecular flexibility index (Phi) is 4.11. The molecule has 1 aliphatic carbocycles. The maximum atomic E-state index is 3.72. The summed E-state index contributed by atoms with van der Waals surface area (Å²) in [6.07, 6.45) is 6.80. The Morgan fingerprint density at radius 1 is 1.06 bits per heavy atom. The zero-order valence-corrected chi connectivity index (χ0v) is 12.1. The molecule has 0 heterocycles. The van der Waals surface area contributed by atoms with Gasteiger partial charge in [0.1, 0.15) is 0 Å². The molecule has 1 aliphatic rings. The quantitative estimate of drug-likeness (QED) is 0.839. The van der Waals surface area contributed by atoms with Crippen LogP contribution in [0, 0.1) is 5.41 Å². The molecule has 1 aromatic carbocycles. The molecule has 0 bridgehead atoms. The third-order valence-corrected chi connectivity index (χ3v) is 4.08. The first-order valence-electron chi connectivity index (χ1n) is 7.28. The minimum atomic E-state index is 0.228. The summed E-state index contributed by atoms with van der Waals surface area (Å²) in [7, 11) is 0. The van der Waals surface area contributed by atoms with E-state index in [1.54, 1.807) is 0 Å². The Labute approximate surface area is 112 Å². The lowest BCUT2D eigenvalue weighted by Crippen LogP contribution is -2.43. The first-order chi connectivity index (χ1) is 8.49. The summed E-state index contributed by atoms with van der Waals surface area (Å²) >= 11 is 0. The predicted molar refractivity (Wildman–Crippen MR) is 78.8 cm³/mol. The van der Waals surface area contributed by atoms with Gasteiger partial charge >= 0.3 is 0 Å². The normalized spacial score (nSPS) is 19.1. The molecule has 1 aromatic rings. The zero-order valence-electron chi connectivity index (χ0n) is 12.1. The van der Waals surface area contributed by atoms with Crippen molar-refractivity contribution in [2.24, 2.45) is 5.41 Å². The van der Waals surface area contributed by atoms with Crippen LogP contribution < -0.4 is 5.32 Å². The molecular formula is C17H27N. The fourth-order valence-electron chi connectivity index (χ4n) is 3.02. The molecule has 1 heteroatoms. The fraction of sp³-hybridized carbons (Fsp3) is 0.647. The molecule has 0 aliphatic heterocycles. The topological polar surface area (TPSA) is 12.0 Å². The third kappa shape index (κ3) is 3.84. The molecule has 1 saturated carbocycles. The number of benzene rings is 1. The van der Waals surface area contributed by atoms with E-state index < -0.39 is 0 Å². The van der Waals surface area contributed by atoms with Crippen LogP contribution in [-0.2, 0) is 6.42 Å². The van der Waals surface area contributed by atoms with Gasteiger partial charge in [-0.05, 0) is 51.0 Å². The monoisotopic (exact) mass is 245 g/mol. The molecule has 0 spiro atoms. The van der Waals surface area contributed by atoms with Crippen molar-refractivity contribution in [3.63, 3.8) is 0 Å². The van der Waals surface area contributed by atoms with Gasteiger partial charge in [-0.15, -0.1) is 0 Å². The highest BCUT2D eigenvalue weighted by Crippen LogP contribution is 2.40. The van der Waals surface area contributed by atoms with Gasteiger partial charge in [0.25, 0.3) is 0 Å². The van der Waals surface area contributed by atoms with E-state index in [0.717, 1.165) is 6.54 Å². The summed E-state index contributed by atoms with van der Waals surface area (Å²) in [5.74, 6) is 0. The van der Waals surface area contributed by atoms with Gasteiger partial charge in [-0.1, -0.05) is 43.2 Å². The molecule has 0 unspecified atom stereocenters. The molecule has 0 atom stereocenters. The Hall–Kier alpha value is -0.820. The van der Waals surface area contributed by atoms with E-state index in [1.165, 1.54) is 37.7 Å². The molecule has 2 rings (SSSR count). The van der Waals surface area contributed by atoms with Gasteiger partial charge in [0, 0.05) is 12.1 Å². The minimum Gasteiger partial charge on any atom is -0.312 e. The van der Waals surface area contributed by atoms with E-state index in [4.69, 9.17) is 0 Å². The molecule has 18 heavy (non-hydrogen) atoms. The van der Waals surface area contributed by atoms with E-state index in [2.05, 4.69) is 56.4 Å². The molecule has 1 N–H and O–H groups in total. The summed E-state index contributed by atoms with van der Waals surface area (Å²) in [6, 6.07) is 11.0. The van der Waals surface area contributed by atoms with Crippen molar-refractivity contribution in [1.29, 1.82) is 0 Å². The van der Waals surface area contributed by atoms with Gasteiger partial charge in [-0.25, -0.2) is 0 Å². The van der Waals surface area contributed by atoms with Crippen molar-refractivity contribution < 1.29 is 0 Å². The van der Waals surface area contributed by atoms with Crippen LogP contribution in [0.4, 0.5) is 0 Å². The summed E-state index contributed by atoms with van der Waals surface area (Å²) < 4.78 is 0. The smallest absolute Gasteiger partial charge is 0.00967 e. The Morgan fingerprint density at radius 2 is 1.67 bits per heavy atom. The molecule has 0 amide bonds. The highest BCUT2D eigenvalue weighted by Gasteiger charge is 2.34. The lowest BCUT2D eigenvalue weighted by Gasteiger charge is -2.33. The van der Waals surface area contributed by atoms with E-state index in [1.807, 2.05) is 0 Å². The highest BCUT2D eigenvalue weighted by molar-refractivity contribution is 5.17. The Morgan fingerprint density at radius 3 is 2.22 bits per heavy atom. The van der Waals surface area contributed by atoms with Crippen LogP contribution in [0.25, 0.3) is 0 Å². The van der Waals surface area contributed by atoms with E-state index in [-0.39, 0.29) is 5.54 Å². The van der Waals surface area contributed by atoms with Crippen molar-refractivity contribution >= 4 is 0 Å². The summed E-state index contributed by atoms with van der Waals surface area (Å²) in [4.78, 5) is 0. The van der Waals surface area contributed by atoms with Gasteiger partial charge in [-0.2, -0.15) is 0 Å². The van der Waals surface area contributed by atoms with Gasteiger partial charge in [-0.3, -0.25) is 0 Å². The largest absolute Gasteiger partial charge is 0.312 e. The molecule has 0 radical (unpaired) electrons. The van der Waals surface area contributed by atoms with Crippen molar-refractivity contribution in [3.8, 4) is 0 Å². The Balaban J connectivity index is 2.03. The maximum Gasteiger partial charge on any atom is 0.00967 e. The second-order valence-electron chi connectivity index (χ2n) is 6.97. The Bertz CT molecular complexity index is 355. The van der Waals surface area contributed by atoms with Crippen molar-refractivity contribution in [2.45, 2.75) is 58.4 Å². The van der Waals surface area contributed by atoms with Crippen LogP contribution in [0.2, 0.25) is 0 Å². The fourth-order valence-corrected chi connectivity index (χ4v) is 3.02. The first-order valence-corrected chi connectivity index (χ1v) is 7.28. The lowest BCUT2D eigenvalue weighted by molar-refractivity contribution is 0.245. The molecule has 1 fully saturated rings. The first kappa shape index (κ1) is 13.6. The predicted octanol–water partition coefficient (Wildman–Crippen LogP) is 4.18. The SMILES string of the molecule is CC(C)(C)NCC1(Cc2ccccc2)CCCC1. The van der Waals surface area contributed by atoms with Crippen molar-refractivity contribution in [3.05, 3.63) is 35.9 Å².